The summed E-state index contributed by atoms with van der Waals surface area (Å²) in [6.07, 6.45) is -0.0227. The molecule has 1 aliphatic heterocycles. The van der Waals surface area contributed by atoms with Crippen LogP contribution < -0.4 is 15.8 Å². The third-order valence-electron chi connectivity index (χ3n) is 3.76. The van der Waals surface area contributed by atoms with Gasteiger partial charge in [0.1, 0.15) is 5.75 Å². The zero-order valence-electron chi connectivity index (χ0n) is 12.1. The molecule has 2 rings (SSSR count). The maximum absolute atomic E-state index is 6.39. The van der Waals surface area contributed by atoms with Gasteiger partial charge in [-0.1, -0.05) is 19.9 Å². The van der Waals surface area contributed by atoms with E-state index >= 15 is 0 Å². The Bertz CT molecular complexity index is 414. The number of hydrogen-bond acceptors (Lipinski definition) is 4. The molecule has 0 saturated carbocycles. The van der Waals surface area contributed by atoms with Gasteiger partial charge in [-0.05, 0) is 29.2 Å². The van der Waals surface area contributed by atoms with E-state index in [1.54, 1.807) is 7.11 Å². The summed E-state index contributed by atoms with van der Waals surface area (Å²) in [5, 5.41) is 3.35. The summed E-state index contributed by atoms with van der Waals surface area (Å²) in [4.78, 5) is 2.32. The van der Waals surface area contributed by atoms with Crippen molar-refractivity contribution in [3.05, 3.63) is 29.3 Å². The van der Waals surface area contributed by atoms with Crippen LogP contribution in [0.15, 0.2) is 18.2 Å². The molecular weight excluding hydrogens is 238 g/mol. The lowest BCUT2D eigenvalue weighted by molar-refractivity contribution is 0.177. The van der Waals surface area contributed by atoms with Crippen molar-refractivity contribution >= 4 is 0 Å². The Morgan fingerprint density at radius 2 is 1.95 bits per heavy atom. The average molecular weight is 263 g/mol. The lowest BCUT2D eigenvalue weighted by Crippen LogP contribution is -2.47. The second-order valence-electron chi connectivity index (χ2n) is 5.39. The fourth-order valence-electron chi connectivity index (χ4n) is 2.56. The summed E-state index contributed by atoms with van der Waals surface area (Å²) < 4.78 is 5.42. The van der Waals surface area contributed by atoms with E-state index in [1.807, 2.05) is 6.07 Å². The summed E-state index contributed by atoms with van der Waals surface area (Å²) in [6.45, 7) is 8.39. The Hall–Kier alpha value is -1.10. The van der Waals surface area contributed by atoms with Crippen LogP contribution in [-0.4, -0.2) is 38.2 Å². The molecule has 0 aliphatic carbocycles. The molecule has 19 heavy (non-hydrogen) atoms. The van der Waals surface area contributed by atoms with Crippen molar-refractivity contribution in [1.82, 2.24) is 10.2 Å². The van der Waals surface area contributed by atoms with E-state index in [4.69, 9.17) is 10.5 Å². The topological polar surface area (TPSA) is 50.5 Å². The predicted octanol–water partition coefficient (Wildman–Crippen LogP) is 1.68. The van der Waals surface area contributed by atoms with E-state index in [0.717, 1.165) is 31.9 Å². The summed E-state index contributed by atoms with van der Waals surface area (Å²) in [6, 6.07) is 6.31. The zero-order chi connectivity index (χ0) is 13.8. The largest absolute Gasteiger partial charge is 0.496 e. The molecule has 0 amide bonds. The molecule has 1 fully saturated rings. The summed E-state index contributed by atoms with van der Waals surface area (Å²) >= 11 is 0. The van der Waals surface area contributed by atoms with Crippen molar-refractivity contribution in [2.45, 2.75) is 25.9 Å². The average Bonchev–Trinajstić information content (AvgIpc) is 2.46. The first kappa shape index (κ1) is 14.3. The Morgan fingerprint density at radius 3 is 2.53 bits per heavy atom. The summed E-state index contributed by atoms with van der Waals surface area (Å²) in [5.41, 5.74) is 8.79. The molecule has 0 aromatic heterocycles. The summed E-state index contributed by atoms with van der Waals surface area (Å²) in [7, 11) is 1.72. The number of nitrogens with two attached hydrogens (primary N) is 1. The third kappa shape index (κ3) is 3.26. The molecular formula is C15H25N3O. The highest BCUT2D eigenvalue weighted by Gasteiger charge is 2.19. The van der Waals surface area contributed by atoms with E-state index in [1.165, 1.54) is 11.1 Å². The van der Waals surface area contributed by atoms with Gasteiger partial charge < -0.3 is 15.8 Å². The Labute approximate surface area is 115 Å². The van der Waals surface area contributed by atoms with Gasteiger partial charge in [-0.3, -0.25) is 4.90 Å². The lowest BCUT2D eigenvalue weighted by atomic mass is 9.98. The highest BCUT2D eigenvalue weighted by molar-refractivity contribution is 5.40. The zero-order valence-corrected chi connectivity index (χ0v) is 12.1. The quantitative estimate of drug-likeness (QED) is 0.868. The molecule has 4 heteroatoms. The van der Waals surface area contributed by atoms with Crippen LogP contribution in [0.4, 0.5) is 0 Å². The van der Waals surface area contributed by atoms with Crippen molar-refractivity contribution in [3.8, 4) is 5.75 Å². The van der Waals surface area contributed by atoms with Gasteiger partial charge in [0.2, 0.25) is 0 Å². The molecule has 0 spiro atoms. The van der Waals surface area contributed by atoms with Crippen molar-refractivity contribution in [1.29, 1.82) is 0 Å². The smallest absolute Gasteiger partial charge is 0.122 e. The number of methoxy groups -OCH3 is 1. The molecule has 0 radical (unpaired) electrons. The fourth-order valence-corrected chi connectivity index (χ4v) is 2.56. The highest BCUT2D eigenvalue weighted by atomic mass is 16.5. The number of hydrogen-bond donors (Lipinski definition) is 2. The van der Waals surface area contributed by atoms with Crippen LogP contribution in [-0.2, 0) is 0 Å². The van der Waals surface area contributed by atoms with Crippen LogP contribution in [0.1, 0.15) is 37.1 Å². The number of piperazine rings is 1. The first-order chi connectivity index (χ1) is 9.13. The molecule has 106 valence electrons. The van der Waals surface area contributed by atoms with E-state index in [9.17, 15) is 0 Å². The van der Waals surface area contributed by atoms with Gasteiger partial charge in [-0.15, -0.1) is 0 Å². The van der Waals surface area contributed by atoms with Crippen LogP contribution in [0.2, 0.25) is 0 Å². The van der Waals surface area contributed by atoms with Crippen LogP contribution in [0.25, 0.3) is 0 Å². The fraction of sp³-hybridized carbons (Fsp3) is 0.600. The minimum atomic E-state index is -0.0227. The molecule has 1 aromatic rings. The van der Waals surface area contributed by atoms with Crippen molar-refractivity contribution in [2.75, 3.05) is 33.3 Å². The van der Waals surface area contributed by atoms with E-state index in [-0.39, 0.29) is 6.17 Å². The van der Waals surface area contributed by atoms with Crippen molar-refractivity contribution in [3.63, 3.8) is 0 Å². The van der Waals surface area contributed by atoms with Gasteiger partial charge in [0, 0.05) is 26.2 Å². The maximum Gasteiger partial charge on any atom is 0.122 e. The monoisotopic (exact) mass is 263 g/mol. The first-order valence-corrected chi connectivity index (χ1v) is 7.01. The number of ether oxygens (including phenoxy) is 1. The van der Waals surface area contributed by atoms with Crippen LogP contribution >= 0.6 is 0 Å². The minimum Gasteiger partial charge on any atom is -0.496 e. The molecule has 1 aromatic carbocycles. The van der Waals surface area contributed by atoms with Gasteiger partial charge in [0.15, 0.2) is 0 Å². The number of nitrogens with zero attached hydrogens (tertiary/aromatic N) is 1. The molecule has 1 atom stereocenters. The first-order valence-electron chi connectivity index (χ1n) is 7.01. The van der Waals surface area contributed by atoms with E-state index in [0.29, 0.717) is 5.92 Å². The lowest BCUT2D eigenvalue weighted by Gasteiger charge is -2.33. The molecule has 1 saturated heterocycles. The summed E-state index contributed by atoms with van der Waals surface area (Å²) in [5.74, 6) is 1.39. The van der Waals surface area contributed by atoms with Gasteiger partial charge in [-0.25, -0.2) is 0 Å². The number of rotatable bonds is 4. The standard InChI is InChI=1S/C15H25N3O/c1-11(2)13-10-12(4-5-14(13)19-3)15(16)18-8-6-17-7-9-18/h4-5,10-11,15,17H,6-9,16H2,1-3H3. The van der Waals surface area contributed by atoms with E-state index in [2.05, 4.69) is 36.2 Å². The Balaban J connectivity index is 2.21. The predicted molar refractivity (Wildman–Crippen MR) is 78.5 cm³/mol. The molecule has 3 N–H and O–H groups in total. The molecule has 1 aliphatic rings. The second kappa shape index (κ2) is 6.37. The molecule has 4 nitrogen and oxygen atoms in total. The normalized spacial score (nSPS) is 18.6. The van der Waals surface area contributed by atoms with Crippen LogP contribution in [0.5, 0.6) is 5.75 Å². The van der Waals surface area contributed by atoms with Crippen molar-refractivity contribution < 1.29 is 4.74 Å². The van der Waals surface area contributed by atoms with Crippen LogP contribution in [0, 0.1) is 0 Å². The Morgan fingerprint density at radius 1 is 1.26 bits per heavy atom. The van der Waals surface area contributed by atoms with Gasteiger partial charge >= 0.3 is 0 Å². The van der Waals surface area contributed by atoms with E-state index < -0.39 is 0 Å². The van der Waals surface area contributed by atoms with Crippen LogP contribution in [0.3, 0.4) is 0 Å². The van der Waals surface area contributed by atoms with Gasteiger partial charge in [0.25, 0.3) is 0 Å². The SMILES string of the molecule is COc1ccc(C(N)N2CCNCC2)cc1C(C)C. The maximum atomic E-state index is 6.39. The molecule has 1 heterocycles. The van der Waals surface area contributed by atoms with Gasteiger partial charge in [-0.2, -0.15) is 0 Å². The third-order valence-corrected chi connectivity index (χ3v) is 3.76. The van der Waals surface area contributed by atoms with Gasteiger partial charge in [0.05, 0.1) is 13.3 Å². The number of nitrogens with one attached hydrogen (secondary N) is 1. The molecule has 0 bridgehead atoms. The highest BCUT2D eigenvalue weighted by Crippen LogP contribution is 2.29. The molecule has 1 unspecified atom stereocenters. The van der Waals surface area contributed by atoms with Crippen molar-refractivity contribution in [2.24, 2.45) is 5.73 Å². The number of benzene rings is 1. The second-order valence-corrected chi connectivity index (χ2v) is 5.39. The Kier molecular flexibility index (Phi) is 4.80. The minimum absolute atomic E-state index is 0.0227.